The summed E-state index contributed by atoms with van der Waals surface area (Å²) in [5.74, 6) is 0.0666. The molecular formula is C14H21NO4S. The Labute approximate surface area is 123 Å². The van der Waals surface area contributed by atoms with Crippen LogP contribution in [-0.2, 0) is 0 Å². The van der Waals surface area contributed by atoms with Gasteiger partial charge in [0.05, 0.1) is 14.2 Å². The van der Waals surface area contributed by atoms with Crippen molar-refractivity contribution in [3.63, 3.8) is 0 Å². The second-order valence-corrected chi connectivity index (χ2v) is 6.39. The molecule has 0 aliphatic heterocycles. The molecule has 112 valence electrons. The third kappa shape index (κ3) is 3.96. The number of benzene rings is 1. The molecule has 0 radical (unpaired) electrons. The van der Waals surface area contributed by atoms with Crippen LogP contribution in [0, 0.1) is 0 Å². The first-order valence-electron chi connectivity index (χ1n) is 6.13. The number of aromatic hydroxyl groups is 1. The third-order valence-electron chi connectivity index (χ3n) is 2.97. The average Bonchev–Trinajstić information content (AvgIpc) is 2.45. The van der Waals surface area contributed by atoms with Gasteiger partial charge in [0.1, 0.15) is 0 Å². The van der Waals surface area contributed by atoms with Gasteiger partial charge in [-0.3, -0.25) is 4.79 Å². The van der Waals surface area contributed by atoms with Gasteiger partial charge in [0.2, 0.25) is 5.75 Å². The number of phenolic OH excluding ortho intramolecular Hbond substituents is 1. The molecule has 0 aliphatic rings. The highest BCUT2D eigenvalue weighted by molar-refractivity contribution is 7.99. The minimum absolute atomic E-state index is 0.0409. The summed E-state index contributed by atoms with van der Waals surface area (Å²) in [6.45, 7) is 4.64. The van der Waals surface area contributed by atoms with E-state index in [1.165, 1.54) is 26.4 Å². The van der Waals surface area contributed by atoms with Gasteiger partial charge in [0.25, 0.3) is 5.91 Å². The van der Waals surface area contributed by atoms with Crippen molar-refractivity contribution in [2.45, 2.75) is 18.6 Å². The van der Waals surface area contributed by atoms with Gasteiger partial charge in [-0.05, 0) is 32.2 Å². The number of thioether (sulfide) groups is 1. The number of methoxy groups -OCH3 is 2. The Morgan fingerprint density at radius 2 is 1.80 bits per heavy atom. The molecule has 1 aromatic carbocycles. The highest BCUT2D eigenvalue weighted by atomic mass is 32.2. The molecule has 0 unspecified atom stereocenters. The summed E-state index contributed by atoms with van der Waals surface area (Å²) in [6.07, 6.45) is 2.00. The van der Waals surface area contributed by atoms with Crippen molar-refractivity contribution in [2.24, 2.45) is 0 Å². The fraction of sp³-hybridized carbons (Fsp3) is 0.500. The number of ether oxygens (including phenoxy) is 2. The summed E-state index contributed by atoms with van der Waals surface area (Å²) in [5, 5.41) is 12.7. The molecule has 2 N–H and O–H groups in total. The topological polar surface area (TPSA) is 67.8 Å². The fourth-order valence-electron chi connectivity index (χ4n) is 1.49. The van der Waals surface area contributed by atoms with Crippen molar-refractivity contribution in [1.29, 1.82) is 0 Å². The van der Waals surface area contributed by atoms with E-state index in [-0.39, 0.29) is 27.9 Å². The lowest BCUT2D eigenvalue weighted by Gasteiger charge is -2.22. The summed E-state index contributed by atoms with van der Waals surface area (Å²) in [6, 6.07) is 2.97. The van der Waals surface area contributed by atoms with Crippen molar-refractivity contribution in [1.82, 2.24) is 5.32 Å². The fourth-order valence-corrected chi connectivity index (χ4v) is 1.71. The molecule has 0 bridgehead atoms. The number of carbonyl (C=O) groups excluding carboxylic acids is 1. The third-order valence-corrected chi connectivity index (χ3v) is 4.22. The number of hydrogen-bond donors (Lipinski definition) is 2. The predicted octanol–water partition coefficient (Wildman–Crippen LogP) is 2.28. The lowest BCUT2D eigenvalue weighted by molar-refractivity contribution is 0.0950. The monoisotopic (exact) mass is 299 g/mol. The molecule has 0 spiro atoms. The van der Waals surface area contributed by atoms with Gasteiger partial charge >= 0.3 is 0 Å². The smallest absolute Gasteiger partial charge is 0.251 e. The number of amides is 1. The van der Waals surface area contributed by atoms with Crippen LogP contribution >= 0.6 is 11.8 Å². The zero-order valence-corrected chi connectivity index (χ0v) is 13.3. The molecule has 1 aromatic rings. The molecule has 6 heteroatoms. The largest absolute Gasteiger partial charge is 0.502 e. The summed E-state index contributed by atoms with van der Waals surface area (Å²) in [7, 11) is 2.85. The predicted molar refractivity (Wildman–Crippen MR) is 81.1 cm³/mol. The van der Waals surface area contributed by atoms with Gasteiger partial charge in [-0.1, -0.05) is 0 Å². The van der Waals surface area contributed by atoms with Crippen LogP contribution in [0.5, 0.6) is 17.2 Å². The minimum atomic E-state index is -0.233. The molecule has 0 saturated carbocycles. The Kier molecular flexibility index (Phi) is 5.56. The van der Waals surface area contributed by atoms with E-state index in [0.717, 1.165) is 0 Å². The van der Waals surface area contributed by atoms with Crippen LogP contribution in [0.25, 0.3) is 0 Å². The Morgan fingerprint density at radius 3 is 2.20 bits per heavy atom. The van der Waals surface area contributed by atoms with Crippen LogP contribution in [-0.4, -0.2) is 42.8 Å². The van der Waals surface area contributed by atoms with Gasteiger partial charge < -0.3 is 19.9 Å². The van der Waals surface area contributed by atoms with E-state index >= 15 is 0 Å². The SMILES string of the molecule is COc1cc(C(=O)NCC(C)(C)SC)cc(OC)c1O. The van der Waals surface area contributed by atoms with E-state index in [1.807, 2.05) is 6.26 Å². The molecule has 20 heavy (non-hydrogen) atoms. The van der Waals surface area contributed by atoms with E-state index in [9.17, 15) is 9.90 Å². The molecular weight excluding hydrogens is 278 g/mol. The second kappa shape index (κ2) is 6.74. The van der Waals surface area contributed by atoms with Crippen molar-refractivity contribution in [3.8, 4) is 17.2 Å². The molecule has 1 rings (SSSR count). The number of rotatable bonds is 6. The first-order valence-corrected chi connectivity index (χ1v) is 7.35. The van der Waals surface area contributed by atoms with E-state index in [4.69, 9.17) is 9.47 Å². The Hall–Kier alpha value is -1.56. The van der Waals surface area contributed by atoms with Crippen LogP contribution in [0.3, 0.4) is 0 Å². The maximum atomic E-state index is 12.1. The first-order chi connectivity index (χ1) is 9.34. The zero-order chi connectivity index (χ0) is 15.3. The van der Waals surface area contributed by atoms with Crippen LogP contribution in [0.4, 0.5) is 0 Å². The molecule has 0 aliphatic carbocycles. The van der Waals surface area contributed by atoms with Crippen LogP contribution in [0.2, 0.25) is 0 Å². The average molecular weight is 299 g/mol. The quantitative estimate of drug-likeness (QED) is 0.843. The summed E-state index contributed by atoms with van der Waals surface area (Å²) < 4.78 is 10.0. The van der Waals surface area contributed by atoms with Crippen LogP contribution in [0.15, 0.2) is 12.1 Å². The minimum Gasteiger partial charge on any atom is -0.502 e. The molecule has 0 saturated heterocycles. The number of nitrogens with one attached hydrogen (secondary N) is 1. The lowest BCUT2D eigenvalue weighted by atomic mass is 10.1. The summed E-state index contributed by atoms with van der Waals surface area (Å²) in [4.78, 5) is 12.1. The second-order valence-electron chi connectivity index (χ2n) is 4.88. The van der Waals surface area contributed by atoms with Crippen molar-refractivity contribution >= 4 is 17.7 Å². The number of carbonyl (C=O) groups is 1. The zero-order valence-electron chi connectivity index (χ0n) is 12.4. The first kappa shape index (κ1) is 16.5. The highest BCUT2D eigenvalue weighted by Gasteiger charge is 2.19. The summed E-state index contributed by atoms with van der Waals surface area (Å²) in [5.41, 5.74) is 0.383. The van der Waals surface area contributed by atoms with Crippen molar-refractivity contribution < 1.29 is 19.4 Å². The molecule has 0 atom stereocenters. The molecule has 0 aromatic heterocycles. The number of hydrogen-bond acceptors (Lipinski definition) is 5. The van der Waals surface area contributed by atoms with Gasteiger partial charge in [0.15, 0.2) is 11.5 Å². The summed E-state index contributed by atoms with van der Waals surface area (Å²) >= 11 is 1.68. The van der Waals surface area contributed by atoms with Gasteiger partial charge in [-0.2, -0.15) is 11.8 Å². The molecule has 0 heterocycles. The Bertz CT molecular complexity index is 463. The van der Waals surface area contributed by atoms with Crippen molar-refractivity contribution in [3.05, 3.63) is 17.7 Å². The molecule has 5 nitrogen and oxygen atoms in total. The maximum Gasteiger partial charge on any atom is 0.251 e. The highest BCUT2D eigenvalue weighted by Crippen LogP contribution is 2.37. The van der Waals surface area contributed by atoms with E-state index in [1.54, 1.807) is 11.8 Å². The van der Waals surface area contributed by atoms with Gasteiger partial charge in [0, 0.05) is 16.9 Å². The van der Waals surface area contributed by atoms with E-state index < -0.39 is 0 Å². The Morgan fingerprint density at radius 1 is 1.30 bits per heavy atom. The van der Waals surface area contributed by atoms with Crippen molar-refractivity contribution in [2.75, 3.05) is 27.0 Å². The van der Waals surface area contributed by atoms with Crippen LogP contribution in [0.1, 0.15) is 24.2 Å². The molecule has 1 amide bonds. The van der Waals surface area contributed by atoms with Gasteiger partial charge in [-0.15, -0.1) is 0 Å². The lowest BCUT2D eigenvalue weighted by Crippen LogP contribution is -2.36. The maximum absolute atomic E-state index is 12.1. The normalized spacial score (nSPS) is 11.1. The van der Waals surface area contributed by atoms with Crippen LogP contribution < -0.4 is 14.8 Å². The van der Waals surface area contributed by atoms with Gasteiger partial charge in [-0.25, -0.2) is 0 Å². The number of phenols is 1. The Balaban J connectivity index is 2.93. The standard InChI is InChI=1S/C14H21NO4S/c1-14(2,20-5)8-15-13(17)9-6-10(18-3)12(16)11(7-9)19-4/h6-7,16H,8H2,1-5H3,(H,15,17). The van der Waals surface area contributed by atoms with E-state index in [2.05, 4.69) is 19.2 Å². The van der Waals surface area contributed by atoms with E-state index in [0.29, 0.717) is 12.1 Å². The molecule has 0 fully saturated rings.